The number of methoxy groups -OCH3 is 1. The van der Waals surface area contributed by atoms with E-state index in [9.17, 15) is 4.79 Å². The molecular weight excluding hydrogens is 250 g/mol. The number of carbonyl (C=O) groups excluding carboxylic acids is 1. The third-order valence-corrected chi connectivity index (χ3v) is 4.04. The molecule has 0 radical (unpaired) electrons. The molecule has 0 spiro atoms. The maximum absolute atomic E-state index is 11.6. The number of hydrogen-bond donors (Lipinski definition) is 1. The Kier molecular flexibility index (Phi) is 4.36. The van der Waals surface area contributed by atoms with Gasteiger partial charge < -0.3 is 10.1 Å². The normalized spacial score (nSPS) is 25.0. The van der Waals surface area contributed by atoms with Gasteiger partial charge in [0.2, 0.25) is 0 Å². The molecule has 1 saturated carbocycles. The van der Waals surface area contributed by atoms with Crippen molar-refractivity contribution in [3.63, 3.8) is 0 Å². The molecule has 2 rings (SSSR count). The van der Waals surface area contributed by atoms with Crippen molar-refractivity contribution in [2.75, 3.05) is 12.4 Å². The Morgan fingerprint density at radius 2 is 2.10 bits per heavy atom. The van der Waals surface area contributed by atoms with Gasteiger partial charge in [0.15, 0.2) is 0 Å². The van der Waals surface area contributed by atoms with Gasteiger partial charge in [-0.15, -0.1) is 0 Å². The highest BCUT2D eigenvalue weighted by molar-refractivity contribution is 5.90. The third kappa shape index (κ3) is 3.75. The summed E-state index contributed by atoms with van der Waals surface area (Å²) in [6, 6.07) is 8.04. The van der Waals surface area contributed by atoms with E-state index in [2.05, 4.69) is 26.1 Å². The third-order valence-electron chi connectivity index (χ3n) is 4.04. The molecule has 3 nitrogen and oxygen atoms in total. The Hall–Kier alpha value is -1.51. The lowest BCUT2D eigenvalue weighted by Gasteiger charge is -2.39. The first-order valence-corrected chi connectivity index (χ1v) is 7.34. The Balaban J connectivity index is 2.08. The molecule has 1 aliphatic carbocycles. The highest BCUT2D eigenvalue weighted by atomic mass is 16.5. The van der Waals surface area contributed by atoms with Crippen LogP contribution < -0.4 is 5.32 Å². The second kappa shape index (κ2) is 5.86. The van der Waals surface area contributed by atoms with Gasteiger partial charge in [-0.05, 0) is 48.8 Å². The number of nitrogens with one attached hydrogen (secondary N) is 1. The fraction of sp³-hybridized carbons (Fsp3) is 0.588. The maximum atomic E-state index is 11.6. The first kappa shape index (κ1) is 14.9. The number of rotatable bonds is 3. The lowest BCUT2D eigenvalue weighted by molar-refractivity contribution is 0.0600. The van der Waals surface area contributed by atoms with Crippen LogP contribution in [0.5, 0.6) is 0 Å². The van der Waals surface area contributed by atoms with Gasteiger partial charge in [-0.25, -0.2) is 4.79 Å². The van der Waals surface area contributed by atoms with Crippen LogP contribution in [0.4, 0.5) is 5.69 Å². The molecule has 3 heteroatoms. The summed E-state index contributed by atoms with van der Waals surface area (Å²) < 4.78 is 4.76. The highest BCUT2D eigenvalue weighted by Crippen LogP contribution is 2.39. The van der Waals surface area contributed by atoms with Crippen LogP contribution in [0, 0.1) is 11.3 Å². The molecule has 1 aromatic rings. The summed E-state index contributed by atoms with van der Waals surface area (Å²) in [5, 5.41) is 3.58. The first-order valence-electron chi connectivity index (χ1n) is 7.34. The molecule has 0 heterocycles. The van der Waals surface area contributed by atoms with E-state index in [1.165, 1.54) is 26.4 Å². The van der Waals surface area contributed by atoms with Crippen molar-refractivity contribution in [3.8, 4) is 0 Å². The molecule has 0 aliphatic heterocycles. The summed E-state index contributed by atoms with van der Waals surface area (Å²) in [4.78, 5) is 11.6. The van der Waals surface area contributed by atoms with Gasteiger partial charge in [-0.1, -0.05) is 26.8 Å². The monoisotopic (exact) mass is 275 g/mol. The standard InChI is InChI=1S/C17H25NO2/c1-12-8-15(11-17(2,3)10-12)18-14-7-5-6-13(9-14)16(19)20-4/h5-7,9,12,15,18H,8,10-11H2,1-4H3. The first-order chi connectivity index (χ1) is 9.39. The number of anilines is 1. The molecule has 2 atom stereocenters. The topological polar surface area (TPSA) is 38.3 Å². The quantitative estimate of drug-likeness (QED) is 0.844. The largest absolute Gasteiger partial charge is 0.465 e. The molecule has 1 fully saturated rings. The van der Waals surface area contributed by atoms with Crippen LogP contribution in [0.2, 0.25) is 0 Å². The molecule has 0 bridgehead atoms. The number of carbonyl (C=O) groups is 1. The van der Waals surface area contributed by atoms with E-state index in [1.54, 1.807) is 6.07 Å². The van der Waals surface area contributed by atoms with Crippen LogP contribution in [0.1, 0.15) is 50.4 Å². The zero-order valence-corrected chi connectivity index (χ0v) is 12.9. The molecule has 110 valence electrons. The second-order valence-corrected chi connectivity index (χ2v) is 6.83. The highest BCUT2D eigenvalue weighted by Gasteiger charge is 2.31. The van der Waals surface area contributed by atoms with Crippen LogP contribution >= 0.6 is 0 Å². The summed E-state index contributed by atoms with van der Waals surface area (Å²) in [6.45, 7) is 6.99. The number of ether oxygens (including phenoxy) is 1. The van der Waals surface area contributed by atoms with E-state index in [1.807, 2.05) is 18.2 Å². The maximum Gasteiger partial charge on any atom is 0.337 e. The molecule has 0 amide bonds. The van der Waals surface area contributed by atoms with Crippen LogP contribution in [0.15, 0.2) is 24.3 Å². The fourth-order valence-corrected chi connectivity index (χ4v) is 3.55. The smallest absolute Gasteiger partial charge is 0.337 e. The van der Waals surface area contributed by atoms with Gasteiger partial charge in [-0.2, -0.15) is 0 Å². The average Bonchev–Trinajstić information content (AvgIpc) is 2.35. The van der Waals surface area contributed by atoms with E-state index in [-0.39, 0.29) is 5.97 Å². The van der Waals surface area contributed by atoms with Crippen LogP contribution in [-0.2, 0) is 4.74 Å². The molecule has 2 unspecified atom stereocenters. The van der Waals surface area contributed by atoms with Crippen LogP contribution in [0.25, 0.3) is 0 Å². The summed E-state index contributed by atoms with van der Waals surface area (Å²) >= 11 is 0. The van der Waals surface area contributed by atoms with Crippen molar-refractivity contribution in [2.24, 2.45) is 11.3 Å². The Morgan fingerprint density at radius 1 is 1.35 bits per heavy atom. The van der Waals surface area contributed by atoms with E-state index < -0.39 is 0 Å². The van der Waals surface area contributed by atoms with Crippen molar-refractivity contribution < 1.29 is 9.53 Å². The van der Waals surface area contributed by atoms with Gasteiger partial charge >= 0.3 is 5.97 Å². The zero-order chi connectivity index (χ0) is 14.8. The summed E-state index contributed by atoms with van der Waals surface area (Å²) in [5.74, 6) is 0.450. The van der Waals surface area contributed by atoms with Gasteiger partial charge in [0.05, 0.1) is 12.7 Å². The van der Waals surface area contributed by atoms with Gasteiger partial charge in [0.1, 0.15) is 0 Å². The zero-order valence-electron chi connectivity index (χ0n) is 12.9. The molecular formula is C17H25NO2. The summed E-state index contributed by atoms with van der Waals surface area (Å²) in [5.41, 5.74) is 1.98. The molecule has 0 aromatic heterocycles. The summed E-state index contributed by atoms with van der Waals surface area (Å²) in [7, 11) is 1.41. The van der Waals surface area contributed by atoms with E-state index >= 15 is 0 Å². The van der Waals surface area contributed by atoms with Gasteiger partial charge in [0, 0.05) is 11.7 Å². The molecule has 1 aliphatic rings. The Morgan fingerprint density at radius 3 is 2.75 bits per heavy atom. The van der Waals surface area contributed by atoms with Crippen molar-refractivity contribution in [3.05, 3.63) is 29.8 Å². The minimum atomic E-state index is -0.286. The minimum Gasteiger partial charge on any atom is -0.465 e. The second-order valence-electron chi connectivity index (χ2n) is 6.83. The van der Waals surface area contributed by atoms with E-state index in [0.29, 0.717) is 17.0 Å². The van der Waals surface area contributed by atoms with E-state index in [0.717, 1.165) is 11.6 Å². The average molecular weight is 275 g/mol. The number of esters is 1. The molecule has 0 saturated heterocycles. The number of hydrogen-bond acceptors (Lipinski definition) is 3. The van der Waals surface area contributed by atoms with Crippen molar-refractivity contribution in [2.45, 2.75) is 46.1 Å². The molecule has 1 N–H and O–H groups in total. The minimum absolute atomic E-state index is 0.286. The van der Waals surface area contributed by atoms with Gasteiger partial charge in [0.25, 0.3) is 0 Å². The summed E-state index contributed by atoms with van der Waals surface area (Å²) in [6.07, 6.45) is 3.64. The predicted molar refractivity (Wildman–Crippen MR) is 82.0 cm³/mol. The molecule has 20 heavy (non-hydrogen) atoms. The van der Waals surface area contributed by atoms with Gasteiger partial charge in [-0.3, -0.25) is 0 Å². The lowest BCUT2D eigenvalue weighted by atomic mass is 9.70. The Bertz CT molecular complexity index is 482. The van der Waals surface area contributed by atoms with E-state index in [4.69, 9.17) is 4.74 Å². The fourth-order valence-electron chi connectivity index (χ4n) is 3.55. The number of benzene rings is 1. The molecule has 1 aromatic carbocycles. The predicted octanol–water partition coefficient (Wildman–Crippen LogP) is 4.10. The lowest BCUT2D eigenvalue weighted by Crippen LogP contribution is -2.35. The van der Waals surface area contributed by atoms with Crippen molar-refractivity contribution >= 4 is 11.7 Å². The van der Waals surface area contributed by atoms with Crippen LogP contribution in [0.3, 0.4) is 0 Å². The van der Waals surface area contributed by atoms with Crippen molar-refractivity contribution in [1.29, 1.82) is 0 Å². The van der Waals surface area contributed by atoms with Crippen molar-refractivity contribution in [1.82, 2.24) is 0 Å². The SMILES string of the molecule is COC(=O)c1cccc(NC2CC(C)CC(C)(C)C2)c1. The van der Waals surface area contributed by atoms with Crippen LogP contribution in [-0.4, -0.2) is 19.1 Å². The Labute approximate surface area is 121 Å².